The van der Waals surface area contributed by atoms with E-state index in [0.29, 0.717) is 0 Å². The molecule has 0 bridgehead atoms. The van der Waals surface area contributed by atoms with E-state index in [1.165, 1.54) is 0 Å². The van der Waals surface area contributed by atoms with E-state index in [1.54, 1.807) is 0 Å². The number of rotatable bonds is 1. The molecule has 0 aromatic rings. The minimum atomic E-state index is -4.18. The van der Waals surface area contributed by atoms with E-state index in [-0.39, 0.29) is 6.54 Å². The van der Waals surface area contributed by atoms with Crippen LogP contribution in [0.3, 0.4) is 0 Å². The van der Waals surface area contributed by atoms with E-state index in [1.807, 2.05) is 0 Å². The van der Waals surface area contributed by atoms with Crippen molar-refractivity contribution in [1.29, 1.82) is 0 Å². The number of hydrogen-bond acceptors (Lipinski definition) is 1. The van der Waals surface area contributed by atoms with Gasteiger partial charge in [-0.1, -0.05) is 0 Å². The Hall–Kier alpha value is -0.250. The maximum absolute atomic E-state index is 11.8. The molecule has 0 fully saturated rings. The van der Waals surface area contributed by atoms with Crippen molar-refractivity contribution in [3.63, 3.8) is 0 Å². The minimum absolute atomic E-state index is 0.365. The Kier molecular flexibility index (Phi) is 2.11. The van der Waals surface area contributed by atoms with Crippen molar-refractivity contribution in [2.24, 2.45) is 11.1 Å². The Morgan fingerprint density at radius 3 is 1.56 bits per heavy atom. The molecule has 0 unspecified atom stereocenters. The Morgan fingerprint density at radius 2 is 1.56 bits per heavy atom. The maximum Gasteiger partial charge on any atom is 0.395 e. The summed E-state index contributed by atoms with van der Waals surface area (Å²) in [6.45, 7) is 1.79. The molecular weight excluding hydrogens is 131 g/mol. The van der Waals surface area contributed by atoms with Gasteiger partial charge in [0.1, 0.15) is 0 Å². The first-order valence-electron chi connectivity index (χ1n) is 2.58. The monoisotopic (exact) mass is 141 g/mol. The number of alkyl halides is 3. The van der Waals surface area contributed by atoms with E-state index in [2.05, 4.69) is 0 Å². The first-order chi connectivity index (χ1) is 3.81. The van der Waals surface area contributed by atoms with Gasteiger partial charge in [-0.15, -0.1) is 0 Å². The second-order valence-corrected chi connectivity index (χ2v) is 2.59. The highest BCUT2D eigenvalue weighted by molar-refractivity contribution is 4.77. The highest BCUT2D eigenvalue weighted by Crippen LogP contribution is 2.35. The lowest BCUT2D eigenvalue weighted by Crippen LogP contribution is -2.38. The van der Waals surface area contributed by atoms with Gasteiger partial charge in [0.15, 0.2) is 0 Å². The second-order valence-electron chi connectivity index (χ2n) is 2.59. The summed E-state index contributed by atoms with van der Waals surface area (Å²) in [6, 6.07) is 0. The molecule has 56 valence electrons. The molecule has 0 saturated heterocycles. The fraction of sp³-hybridized carbons (Fsp3) is 1.00. The molecule has 0 rings (SSSR count). The van der Waals surface area contributed by atoms with Crippen LogP contribution in [-0.4, -0.2) is 12.7 Å². The molecule has 0 aromatic heterocycles. The zero-order valence-electron chi connectivity index (χ0n) is 5.42. The van der Waals surface area contributed by atoms with Gasteiger partial charge < -0.3 is 5.73 Å². The molecule has 4 heteroatoms. The third-order valence-electron chi connectivity index (χ3n) is 1.28. The van der Waals surface area contributed by atoms with E-state index in [4.69, 9.17) is 5.73 Å². The number of hydrogen-bond donors (Lipinski definition) is 1. The maximum atomic E-state index is 11.8. The second kappa shape index (κ2) is 2.17. The van der Waals surface area contributed by atoms with Crippen molar-refractivity contribution in [2.75, 3.05) is 6.54 Å². The Balaban J connectivity index is 4.14. The predicted molar refractivity (Wildman–Crippen MR) is 28.9 cm³/mol. The Morgan fingerprint density at radius 1 is 1.22 bits per heavy atom. The van der Waals surface area contributed by atoms with Crippen LogP contribution < -0.4 is 5.73 Å². The van der Waals surface area contributed by atoms with Crippen molar-refractivity contribution in [2.45, 2.75) is 20.0 Å². The summed E-state index contributed by atoms with van der Waals surface area (Å²) in [7, 11) is 0. The minimum Gasteiger partial charge on any atom is -0.330 e. The molecule has 0 amide bonds. The summed E-state index contributed by atoms with van der Waals surface area (Å²) >= 11 is 0. The SMILES string of the molecule is CC(C)(CN)C(F)(F)F. The number of nitrogens with two attached hydrogens (primary N) is 1. The van der Waals surface area contributed by atoms with Crippen LogP contribution >= 0.6 is 0 Å². The van der Waals surface area contributed by atoms with Gasteiger partial charge in [0.2, 0.25) is 0 Å². The molecular formula is C5H10F3N. The molecule has 0 saturated carbocycles. The van der Waals surface area contributed by atoms with Crippen LogP contribution in [0.5, 0.6) is 0 Å². The molecule has 0 aliphatic rings. The molecule has 0 aromatic carbocycles. The first-order valence-corrected chi connectivity index (χ1v) is 2.58. The first kappa shape index (κ1) is 8.75. The molecule has 0 radical (unpaired) electrons. The number of halogens is 3. The molecule has 0 atom stereocenters. The van der Waals surface area contributed by atoms with E-state index in [0.717, 1.165) is 13.8 Å². The third kappa shape index (κ3) is 1.86. The van der Waals surface area contributed by atoms with Crippen molar-refractivity contribution in [3.05, 3.63) is 0 Å². The van der Waals surface area contributed by atoms with Gasteiger partial charge in [0, 0.05) is 6.54 Å². The molecule has 0 heterocycles. The molecule has 0 aliphatic heterocycles. The van der Waals surface area contributed by atoms with Gasteiger partial charge in [-0.3, -0.25) is 0 Å². The largest absolute Gasteiger partial charge is 0.395 e. The zero-order chi connectivity index (χ0) is 7.71. The highest BCUT2D eigenvalue weighted by atomic mass is 19.4. The fourth-order valence-corrected chi connectivity index (χ4v) is 0.116. The predicted octanol–water partition coefficient (Wildman–Crippen LogP) is 1.53. The van der Waals surface area contributed by atoms with Crippen LogP contribution in [0.1, 0.15) is 13.8 Å². The standard InChI is InChI=1S/C5H10F3N/c1-4(2,3-9)5(6,7)8/h3,9H2,1-2H3. The van der Waals surface area contributed by atoms with Gasteiger partial charge in [-0.25, -0.2) is 0 Å². The van der Waals surface area contributed by atoms with Crippen LogP contribution in [0, 0.1) is 5.41 Å². The summed E-state index contributed by atoms with van der Waals surface area (Å²) < 4.78 is 35.3. The summed E-state index contributed by atoms with van der Waals surface area (Å²) in [5, 5.41) is 0. The summed E-state index contributed by atoms with van der Waals surface area (Å²) in [6.07, 6.45) is -4.18. The topological polar surface area (TPSA) is 26.0 Å². The van der Waals surface area contributed by atoms with Gasteiger partial charge >= 0.3 is 6.18 Å². The van der Waals surface area contributed by atoms with Crippen LogP contribution in [0.25, 0.3) is 0 Å². The van der Waals surface area contributed by atoms with Crippen molar-refractivity contribution in [3.8, 4) is 0 Å². The zero-order valence-corrected chi connectivity index (χ0v) is 5.42. The fourth-order valence-electron chi connectivity index (χ4n) is 0.116. The normalized spacial score (nSPS) is 14.0. The van der Waals surface area contributed by atoms with Gasteiger partial charge in [-0.05, 0) is 13.8 Å². The van der Waals surface area contributed by atoms with Gasteiger partial charge in [0.05, 0.1) is 5.41 Å². The third-order valence-corrected chi connectivity index (χ3v) is 1.28. The summed E-state index contributed by atoms with van der Waals surface area (Å²) in [4.78, 5) is 0. The molecule has 2 N–H and O–H groups in total. The van der Waals surface area contributed by atoms with E-state index in [9.17, 15) is 13.2 Å². The summed E-state index contributed by atoms with van der Waals surface area (Å²) in [5.74, 6) is 0. The highest BCUT2D eigenvalue weighted by Gasteiger charge is 2.45. The smallest absolute Gasteiger partial charge is 0.330 e. The van der Waals surface area contributed by atoms with Crippen molar-refractivity contribution >= 4 is 0 Å². The van der Waals surface area contributed by atoms with Crippen LogP contribution in [-0.2, 0) is 0 Å². The summed E-state index contributed by atoms with van der Waals surface area (Å²) in [5.41, 5.74) is 3.13. The average Bonchev–Trinajstić information content (AvgIpc) is 1.64. The lowest BCUT2D eigenvalue weighted by atomic mass is 9.93. The van der Waals surface area contributed by atoms with Crippen LogP contribution in [0.15, 0.2) is 0 Å². The Bertz CT molecular complexity index is 94.9. The molecule has 0 spiro atoms. The van der Waals surface area contributed by atoms with Gasteiger partial charge in [-0.2, -0.15) is 13.2 Å². The lowest BCUT2D eigenvalue weighted by Gasteiger charge is -2.25. The van der Waals surface area contributed by atoms with Gasteiger partial charge in [0.25, 0.3) is 0 Å². The quantitative estimate of drug-likeness (QED) is 0.588. The average molecular weight is 141 g/mol. The Labute approximate surface area is 52.0 Å². The van der Waals surface area contributed by atoms with Crippen LogP contribution in [0.4, 0.5) is 13.2 Å². The van der Waals surface area contributed by atoms with E-state index < -0.39 is 11.6 Å². The van der Waals surface area contributed by atoms with Crippen LogP contribution in [0.2, 0.25) is 0 Å². The lowest BCUT2D eigenvalue weighted by molar-refractivity contribution is -0.207. The molecule has 1 nitrogen and oxygen atoms in total. The molecule has 0 aliphatic carbocycles. The van der Waals surface area contributed by atoms with E-state index >= 15 is 0 Å². The van der Waals surface area contributed by atoms with Crippen molar-refractivity contribution in [1.82, 2.24) is 0 Å². The molecule has 9 heavy (non-hydrogen) atoms. The van der Waals surface area contributed by atoms with Crippen molar-refractivity contribution < 1.29 is 13.2 Å².